The molecule has 0 aliphatic carbocycles. The van der Waals surface area contributed by atoms with Crippen molar-refractivity contribution in [2.24, 2.45) is 0 Å². The van der Waals surface area contributed by atoms with Gasteiger partial charge in [-0.25, -0.2) is 4.79 Å². The van der Waals surface area contributed by atoms with Crippen molar-refractivity contribution in [1.82, 2.24) is 0 Å². The Balaban J connectivity index is 1.99. The zero-order valence-electron chi connectivity index (χ0n) is 13.0. The minimum atomic E-state index is -0.616. The number of hydrogen-bond acceptors (Lipinski definition) is 6. The summed E-state index contributed by atoms with van der Waals surface area (Å²) in [7, 11) is 3.05. The van der Waals surface area contributed by atoms with E-state index in [4.69, 9.17) is 25.7 Å². The highest BCUT2D eigenvalue weighted by molar-refractivity contribution is 5.87. The number of ether oxygens (including phenoxy) is 3. The molecular formula is C16H19N3O4. The number of rotatable bonds is 5. The summed E-state index contributed by atoms with van der Waals surface area (Å²) in [5.41, 5.74) is 13.6. The number of nitrogen functional groups attached to an aromatic ring is 2. The molecule has 23 heavy (non-hydrogen) atoms. The fraction of sp³-hybridized carbons (Fsp3) is 0.188. The quantitative estimate of drug-likeness (QED) is 0.731. The lowest BCUT2D eigenvalue weighted by Crippen LogP contribution is -2.14. The van der Waals surface area contributed by atoms with Gasteiger partial charge in [0.1, 0.15) is 18.1 Å². The molecule has 2 aromatic carbocycles. The maximum atomic E-state index is 11.9. The van der Waals surface area contributed by atoms with Crippen molar-refractivity contribution in [3.63, 3.8) is 0 Å². The summed E-state index contributed by atoms with van der Waals surface area (Å²) in [6.07, 6.45) is -0.616. The van der Waals surface area contributed by atoms with Gasteiger partial charge in [-0.1, -0.05) is 0 Å². The second kappa shape index (κ2) is 7.26. The van der Waals surface area contributed by atoms with E-state index < -0.39 is 6.09 Å². The first-order chi connectivity index (χ1) is 11.0. The third kappa shape index (κ3) is 4.44. The van der Waals surface area contributed by atoms with Gasteiger partial charge in [0.2, 0.25) is 0 Å². The second-order valence-corrected chi connectivity index (χ2v) is 4.78. The second-order valence-electron chi connectivity index (χ2n) is 4.78. The van der Waals surface area contributed by atoms with Crippen LogP contribution in [-0.2, 0) is 11.3 Å². The van der Waals surface area contributed by atoms with Crippen molar-refractivity contribution < 1.29 is 19.0 Å². The van der Waals surface area contributed by atoms with Crippen molar-refractivity contribution in [3.8, 4) is 11.5 Å². The highest BCUT2D eigenvalue weighted by Crippen LogP contribution is 2.29. The molecule has 0 spiro atoms. The topological polar surface area (TPSA) is 109 Å². The molecule has 0 atom stereocenters. The lowest BCUT2D eigenvalue weighted by molar-refractivity contribution is 0.155. The van der Waals surface area contributed by atoms with Crippen LogP contribution in [0.4, 0.5) is 21.9 Å². The highest BCUT2D eigenvalue weighted by Gasteiger charge is 2.10. The zero-order chi connectivity index (χ0) is 16.8. The van der Waals surface area contributed by atoms with E-state index in [0.717, 1.165) is 0 Å². The molecule has 0 radical (unpaired) electrons. The Morgan fingerprint density at radius 3 is 2.35 bits per heavy atom. The average molecular weight is 317 g/mol. The first-order valence-electron chi connectivity index (χ1n) is 6.82. The summed E-state index contributed by atoms with van der Waals surface area (Å²) in [4.78, 5) is 11.9. The molecule has 2 rings (SSSR count). The summed E-state index contributed by atoms with van der Waals surface area (Å²) < 4.78 is 15.4. The lowest BCUT2D eigenvalue weighted by Gasteiger charge is -2.12. The van der Waals surface area contributed by atoms with E-state index in [1.807, 2.05) is 0 Å². The first-order valence-corrected chi connectivity index (χ1v) is 6.82. The maximum Gasteiger partial charge on any atom is 0.412 e. The van der Waals surface area contributed by atoms with Gasteiger partial charge in [-0.05, 0) is 35.9 Å². The standard InChI is InChI=1S/C16H19N3O4/c1-21-13-3-4-14(15(8-13)22-2)19-16(20)23-9-10-5-11(17)7-12(18)6-10/h3-8H,9,17-18H2,1-2H3,(H,19,20). The molecule has 1 amide bonds. The summed E-state index contributed by atoms with van der Waals surface area (Å²) in [5, 5.41) is 2.61. The molecule has 2 aromatic rings. The summed E-state index contributed by atoms with van der Waals surface area (Å²) in [6.45, 7) is 0.0551. The molecule has 0 bridgehead atoms. The van der Waals surface area contributed by atoms with Crippen LogP contribution in [0.15, 0.2) is 36.4 Å². The van der Waals surface area contributed by atoms with Gasteiger partial charge in [-0.15, -0.1) is 0 Å². The van der Waals surface area contributed by atoms with E-state index >= 15 is 0 Å². The lowest BCUT2D eigenvalue weighted by atomic mass is 10.2. The minimum Gasteiger partial charge on any atom is -0.497 e. The number of amides is 1. The molecule has 5 N–H and O–H groups in total. The molecule has 122 valence electrons. The molecule has 0 aliphatic heterocycles. The van der Waals surface area contributed by atoms with Gasteiger partial charge in [0.05, 0.1) is 19.9 Å². The van der Waals surface area contributed by atoms with Gasteiger partial charge in [-0.3, -0.25) is 5.32 Å². The highest BCUT2D eigenvalue weighted by atomic mass is 16.5. The van der Waals surface area contributed by atoms with Crippen LogP contribution in [-0.4, -0.2) is 20.3 Å². The van der Waals surface area contributed by atoms with E-state index in [2.05, 4.69) is 5.32 Å². The smallest absolute Gasteiger partial charge is 0.412 e. The van der Waals surface area contributed by atoms with E-state index in [-0.39, 0.29) is 6.61 Å². The predicted octanol–water partition coefficient (Wildman–Crippen LogP) is 2.62. The Kier molecular flexibility index (Phi) is 5.14. The number of anilines is 3. The molecular weight excluding hydrogens is 298 g/mol. The molecule has 0 fully saturated rings. The molecule has 0 aromatic heterocycles. The van der Waals surface area contributed by atoms with Crippen molar-refractivity contribution >= 4 is 23.2 Å². The van der Waals surface area contributed by atoms with Crippen LogP contribution in [0.25, 0.3) is 0 Å². The van der Waals surface area contributed by atoms with Crippen molar-refractivity contribution in [1.29, 1.82) is 0 Å². The number of hydrogen-bond donors (Lipinski definition) is 3. The van der Waals surface area contributed by atoms with Crippen molar-refractivity contribution in [3.05, 3.63) is 42.0 Å². The van der Waals surface area contributed by atoms with Crippen LogP contribution in [0, 0.1) is 0 Å². The molecule has 0 aliphatic rings. The third-order valence-electron chi connectivity index (χ3n) is 3.05. The monoisotopic (exact) mass is 317 g/mol. The summed E-state index contributed by atoms with van der Waals surface area (Å²) in [5.74, 6) is 1.09. The van der Waals surface area contributed by atoms with Crippen LogP contribution in [0.5, 0.6) is 11.5 Å². The number of carbonyl (C=O) groups is 1. The third-order valence-corrected chi connectivity index (χ3v) is 3.05. The number of benzene rings is 2. The fourth-order valence-corrected chi connectivity index (χ4v) is 2.03. The first kappa shape index (κ1) is 16.3. The molecule has 7 nitrogen and oxygen atoms in total. The Morgan fingerprint density at radius 2 is 1.74 bits per heavy atom. The van der Waals surface area contributed by atoms with Crippen LogP contribution in [0.1, 0.15) is 5.56 Å². The van der Waals surface area contributed by atoms with Gasteiger partial charge >= 0.3 is 6.09 Å². The molecule has 0 saturated carbocycles. The Hall–Kier alpha value is -3.09. The molecule has 7 heteroatoms. The maximum absolute atomic E-state index is 11.9. The number of nitrogens with one attached hydrogen (secondary N) is 1. The molecule has 0 heterocycles. The summed E-state index contributed by atoms with van der Waals surface area (Å²) in [6, 6.07) is 10.0. The van der Waals surface area contributed by atoms with E-state index in [1.54, 1.807) is 43.5 Å². The minimum absolute atomic E-state index is 0.0551. The largest absolute Gasteiger partial charge is 0.497 e. The SMILES string of the molecule is COc1ccc(NC(=O)OCc2cc(N)cc(N)c2)c(OC)c1. The van der Waals surface area contributed by atoms with Gasteiger partial charge in [0.25, 0.3) is 0 Å². The van der Waals surface area contributed by atoms with Crippen LogP contribution in [0.2, 0.25) is 0 Å². The fourth-order valence-electron chi connectivity index (χ4n) is 2.03. The Morgan fingerprint density at radius 1 is 1.04 bits per heavy atom. The molecule has 0 unspecified atom stereocenters. The summed E-state index contributed by atoms with van der Waals surface area (Å²) >= 11 is 0. The van der Waals surface area contributed by atoms with Crippen LogP contribution in [0.3, 0.4) is 0 Å². The van der Waals surface area contributed by atoms with E-state index in [1.165, 1.54) is 7.11 Å². The van der Waals surface area contributed by atoms with Crippen LogP contribution < -0.4 is 26.3 Å². The van der Waals surface area contributed by atoms with Crippen LogP contribution >= 0.6 is 0 Å². The molecule has 0 saturated heterocycles. The van der Waals surface area contributed by atoms with Crippen molar-refractivity contribution in [2.75, 3.05) is 31.0 Å². The number of carbonyl (C=O) groups excluding carboxylic acids is 1. The number of nitrogens with two attached hydrogens (primary N) is 2. The van der Waals surface area contributed by atoms with Gasteiger partial charge in [0, 0.05) is 17.4 Å². The number of methoxy groups -OCH3 is 2. The van der Waals surface area contributed by atoms with Gasteiger partial charge in [-0.2, -0.15) is 0 Å². The van der Waals surface area contributed by atoms with Gasteiger partial charge < -0.3 is 25.7 Å². The zero-order valence-corrected chi connectivity index (χ0v) is 13.0. The Bertz CT molecular complexity index is 683. The predicted molar refractivity (Wildman–Crippen MR) is 88.6 cm³/mol. The average Bonchev–Trinajstić information content (AvgIpc) is 2.52. The van der Waals surface area contributed by atoms with E-state index in [9.17, 15) is 4.79 Å². The Labute approximate surface area is 134 Å². The normalized spacial score (nSPS) is 10.0. The van der Waals surface area contributed by atoms with E-state index in [0.29, 0.717) is 34.1 Å². The van der Waals surface area contributed by atoms with Gasteiger partial charge in [0.15, 0.2) is 0 Å². The van der Waals surface area contributed by atoms with Crippen molar-refractivity contribution in [2.45, 2.75) is 6.61 Å².